The van der Waals surface area contributed by atoms with Crippen molar-refractivity contribution in [2.45, 2.75) is 6.54 Å². The number of aliphatic imine (C=N–C) groups is 1. The summed E-state index contributed by atoms with van der Waals surface area (Å²) < 4.78 is 5.45. The lowest BCUT2D eigenvalue weighted by atomic mass is 10.2. The molecule has 2 rings (SSSR count). The fraction of sp³-hybridized carbons (Fsp3) is 0.200. The second-order valence-corrected chi connectivity index (χ2v) is 3.99. The van der Waals surface area contributed by atoms with Gasteiger partial charge in [0.25, 0.3) is 0 Å². The molecule has 1 aromatic heterocycles. The van der Waals surface area contributed by atoms with Crippen LogP contribution in [0, 0.1) is 12.3 Å². The maximum Gasteiger partial charge on any atom is 0.226 e. The quantitative estimate of drug-likeness (QED) is 0.503. The van der Waals surface area contributed by atoms with Crippen LogP contribution in [0.1, 0.15) is 5.69 Å². The van der Waals surface area contributed by atoms with Crippen LogP contribution in [0.2, 0.25) is 0 Å². The smallest absolute Gasteiger partial charge is 0.226 e. The Morgan fingerprint density at radius 1 is 1.35 bits per heavy atom. The highest BCUT2D eigenvalue weighted by Gasteiger charge is 2.06. The number of terminal acetylenes is 1. The molecule has 0 aliphatic rings. The van der Waals surface area contributed by atoms with Gasteiger partial charge in [-0.3, -0.25) is 4.99 Å². The topological polar surface area (TPSA) is 62.5 Å². The Morgan fingerprint density at radius 3 is 2.85 bits per heavy atom. The molecule has 5 heteroatoms. The van der Waals surface area contributed by atoms with Crippen molar-refractivity contribution in [3.05, 3.63) is 42.3 Å². The molecule has 0 unspecified atom stereocenters. The Hall–Kier alpha value is -2.74. The van der Waals surface area contributed by atoms with Crippen LogP contribution in [-0.2, 0) is 6.54 Å². The van der Waals surface area contributed by atoms with Gasteiger partial charge in [-0.05, 0) is 12.1 Å². The molecule has 0 bridgehead atoms. The summed E-state index contributed by atoms with van der Waals surface area (Å²) in [6, 6.07) is 9.76. The first-order valence-corrected chi connectivity index (χ1v) is 6.21. The van der Waals surface area contributed by atoms with E-state index < -0.39 is 0 Å². The number of rotatable bonds is 4. The van der Waals surface area contributed by atoms with E-state index in [1.807, 2.05) is 30.3 Å². The van der Waals surface area contributed by atoms with E-state index in [0.717, 1.165) is 11.3 Å². The van der Waals surface area contributed by atoms with Crippen LogP contribution in [0.15, 0.2) is 46.0 Å². The second-order valence-electron chi connectivity index (χ2n) is 3.99. The monoisotopic (exact) mass is 268 g/mol. The highest BCUT2D eigenvalue weighted by molar-refractivity contribution is 5.79. The van der Waals surface area contributed by atoms with Gasteiger partial charge in [-0.1, -0.05) is 24.1 Å². The minimum absolute atomic E-state index is 0.424. The zero-order chi connectivity index (χ0) is 14.2. The normalized spacial score (nSPS) is 10.9. The van der Waals surface area contributed by atoms with Crippen molar-refractivity contribution < 1.29 is 4.42 Å². The first-order valence-electron chi connectivity index (χ1n) is 6.21. The summed E-state index contributed by atoms with van der Waals surface area (Å²) >= 11 is 0. The molecule has 20 heavy (non-hydrogen) atoms. The van der Waals surface area contributed by atoms with Crippen molar-refractivity contribution >= 4 is 5.96 Å². The van der Waals surface area contributed by atoms with Crippen LogP contribution in [0.4, 0.5) is 0 Å². The lowest BCUT2D eigenvalue weighted by Crippen LogP contribution is -2.36. The minimum atomic E-state index is 0.424. The molecule has 0 saturated heterocycles. The van der Waals surface area contributed by atoms with E-state index in [0.29, 0.717) is 24.9 Å². The summed E-state index contributed by atoms with van der Waals surface area (Å²) in [6.45, 7) is 0.939. The number of guanidine groups is 1. The van der Waals surface area contributed by atoms with Crippen molar-refractivity contribution in [1.82, 2.24) is 15.6 Å². The highest BCUT2D eigenvalue weighted by atomic mass is 16.3. The first-order chi connectivity index (χ1) is 9.83. The first kappa shape index (κ1) is 13.7. The Morgan fingerprint density at radius 2 is 2.15 bits per heavy atom. The fourth-order valence-corrected chi connectivity index (χ4v) is 1.63. The summed E-state index contributed by atoms with van der Waals surface area (Å²) in [5.74, 6) is 3.73. The van der Waals surface area contributed by atoms with Crippen LogP contribution < -0.4 is 10.6 Å². The zero-order valence-corrected chi connectivity index (χ0v) is 11.3. The van der Waals surface area contributed by atoms with Crippen molar-refractivity contribution in [1.29, 1.82) is 0 Å². The van der Waals surface area contributed by atoms with E-state index >= 15 is 0 Å². The van der Waals surface area contributed by atoms with E-state index in [9.17, 15) is 0 Å². The van der Waals surface area contributed by atoms with Crippen LogP contribution in [-0.4, -0.2) is 24.5 Å². The average molecular weight is 268 g/mol. The average Bonchev–Trinajstić information content (AvgIpc) is 2.97. The van der Waals surface area contributed by atoms with E-state index in [1.165, 1.54) is 0 Å². The Balaban J connectivity index is 1.95. The van der Waals surface area contributed by atoms with Gasteiger partial charge < -0.3 is 15.1 Å². The van der Waals surface area contributed by atoms with Gasteiger partial charge >= 0.3 is 0 Å². The molecular weight excluding hydrogens is 252 g/mol. The van der Waals surface area contributed by atoms with Gasteiger partial charge in [-0.15, -0.1) is 6.42 Å². The molecule has 102 valence electrons. The number of hydrogen-bond acceptors (Lipinski definition) is 3. The van der Waals surface area contributed by atoms with Crippen LogP contribution in [0.5, 0.6) is 0 Å². The molecule has 0 aliphatic carbocycles. The third-order valence-corrected chi connectivity index (χ3v) is 2.59. The molecule has 2 N–H and O–H groups in total. The molecular formula is C15H16N4O. The number of oxazole rings is 1. The Labute approximate surface area is 118 Å². The molecule has 1 heterocycles. The number of aromatic nitrogens is 1. The number of nitrogens with zero attached hydrogens (tertiary/aromatic N) is 2. The van der Waals surface area contributed by atoms with Gasteiger partial charge in [-0.25, -0.2) is 4.98 Å². The maximum atomic E-state index is 5.45. The lowest BCUT2D eigenvalue weighted by molar-refractivity contribution is 0.572. The highest BCUT2D eigenvalue weighted by Crippen LogP contribution is 2.17. The summed E-state index contributed by atoms with van der Waals surface area (Å²) in [7, 11) is 1.68. The van der Waals surface area contributed by atoms with E-state index in [-0.39, 0.29) is 0 Å². The van der Waals surface area contributed by atoms with Crippen LogP contribution >= 0.6 is 0 Å². The summed E-state index contributed by atoms with van der Waals surface area (Å²) in [5, 5.41) is 6.08. The van der Waals surface area contributed by atoms with Gasteiger partial charge in [0, 0.05) is 12.6 Å². The van der Waals surface area contributed by atoms with E-state index in [4.69, 9.17) is 10.8 Å². The van der Waals surface area contributed by atoms with Crippen molar-refractivity contribution in [2.75, 3.05) is 13.6 Å². The summed E-state index contributed by atoms with van der Waals surface area (Å²) in [5.41, 5.74) is 1.75. The molecule has 0 atom stereocenters. The van der Waals surface area contributed by atoms with Gasteiger partial charge in [0.05, 0.1) is 18.8 Å². The molecule has 0 saturated carbocycles. The number of benzene rings is 1. The Bertz CT molecular complexity index is 610. The third-order valence-electron chi connectivity index (χ3n) is 2.59. The van der Waals surface area contributed by atoms with Crippen molar-refractivity contribution in [3.63, 3.8) is 0 Å². The summed E-state index contributed by atoms with van der Waals surface area (Å²) in [6.07, 6.45) is 6.81. The van der Waals surface area contributed by atoms with Crippen LogP contribution in [0.25, 0.3) is 11.5 Å². The number of nitrogens with one attached hydrogen (secondary N) is 2. The maximum absolute atomic E-state index is 5.45. The van der Waals surface area contributed by atoms with E-state index in [2.05, 4.69) is 26.5 Å². The molecule has 0 spiro atoms. The van der Waals surface area contributed by atoms with Gasteiger partial charge in [0.1, 0.15) is 6.26 Å². The largest absolute Gasteiger partial charge is 0.444 e. The molecule has 2 aromatic rings. The second kappa shape index (κ2) is 7.00. The zero-order valence-electron chi connectivity index (χ0n) is 11.3. The SMILES string of the molecule is C#CCNC(=NC)NCc1coc(-c2ccccc2)n1. The predicted molar refractivity (Wildman–Crippen MR) is 79.0 cm³/mol. The van der Waals surface area contributed by atoms with Gasteiger partial charge in [0.15, 0.2) is 5.96 Å². The molecule has 0 fully saturated rings. The van der Waals surface area contributed by atoms with Crippen molar-refractivity contribution in [3.8, 4) is 23.8 Å². The van der Waals surface area contributed by atoms with Gasteiger partial charge in [0.2, 0.25) is 5.89 Å². The molecule has 0 radical (unpaired) electrons. The minimum Gasteiger partial charge on any atom is -0.444 e. The lowest BCUT2D eigenvalue weighted by Gasteiger charge is -2.07. The van der Waals surface area contributed by atoms with Gasteiger partial charge in [-0.2, -0.15) is 0 Å². The Kier molecular flexibility index (Phi) is 4.79. The molecule has 0 aliphatic heterocycles. The molecule has 1 aromatic carbocycles. The fourth-order valence-electron chi connectivity index (χ4n) is 1.63. The third kappa shape index (κ3) is 3.62. The predicted octanol–water partition coefficient (Wildman–Crippen LogP) is 1.64. The molecule has 0 amide bonds. The number of hydrogen-bond donors (Lipinski definition) is 2. The standard InChI is InChI=1S/C15H16N4O/c1-3-9-17-15(16-2)18-10-13-11-20-14(19-13)12-7-5-4-6-8-12/h1,4-8,11H,9-10H2,2H3,(H2,16,17,18). The van der Waals surface area contributed by atoms with E-state index in [1.54, 1.807) is 13.3 Å². The van der Waals surface area contributed by atoms with Crippen LogP contribution in [0.3, 0.4) is 0 Å². The molecule has 5 nitrogen and oxygen atoms in total. The summed E-state index contributed by atoms with van der Waals surface area (Å²) in [4.78, 5) is 8.46. The van der Waals surface area contributed by atoms with Crippen molar-refractivity contribution in [2.24, 2.45) is 4.99 Å².